The van der Waals surface area contributed by atoms with Crippen LogP contribution in [0.1, 0.15) is 226 Å². The SMILES string of the molecule is CCCCCC/C=C/CC/C=C/CC/C=C/C(O)C(COC1OC(CO)C(O)C(O)C1O)NC(=O)C(O)CCCCCCCCCCCCCCCCCCCCCCCCC. The van der Waals surface area contributed by atoms with Crippen molar-refractivity contribution in [2.75, 3.05) is 13.2 Å². The van der Waals surface area contributed by atoms with Gasteiger partial charge in [0.15, 0.2) is 6.29 Å². The van der Waals surface area contributed by atoms with Gasteiger partial charge in [0, 0.05) is 0 Å². The summed E-state index contributed by atoms with van der Waals surface area (Å²) in [7, 11) is 0. The number of rotatable bonds is 43. The minimum absolute atomic E-state index is 0.304. The lowest BCUT2D eigenvalue weighted by atomic mass is 9.99. The molecule has 62 heavy (non-hydrogen) atoms. The van der Waals surface area contributed by atoms with Crippen molar-refractivity contribution in [3.05, 3.63) is 36.5 Å². The molecule has 0 saturated carbocycles. The first-order valence-electron chi connectivity index (χ1n) is 25.8. The summed E-state index contributed by atoms with van der Waals surface area (Å²) < 4.78 is 11.1. The number of ether oxygens (including phenoxy) is 2. The number of carbonyl (C=O) groups is 1. The Balaban J connectivity index is 2.32. The molecule has 8 unspecified atom stereocenters. The second-order valence-electron chi connectivity index (χ2n) is 18.1. The summed E-state index contributed by atoms with van der Waals surface area (Å²) in [5.41, 5.74) is 0. The quantitative estimate of drug-likeness (QED) is 0.0233. The molecule has 1 aliphatic rings. The summed E-state index contributed by atoms with van der Waals surface area (Å²) in [6.45, 7) is 3.58. The van der Waals surface area contributed by atoms with Crippen LogP contribution in [0.15, 0.2) is 36.5 Å². The molecule has 7 N–H and O–H groups in total. The molecule has 1 rings (SSSR count). The molecule has 1 heterocycles. The monoisotopic (exact) mass is 880 g/mol. The van der Waals surface area contributed by atoms with Crippen molar-refractivity contribution in [3.63, 3.8) is 0 Å². The average molecular weight is 880 g/mol. The zero-order valence-electron chi connectivity index (χ0n) is 39.7. The Morgan fingerprint density at radius 1 is 0.548 bits per heavy atom. The van der Waals surface area contributed by atoms with E-state index in [1.807, 2.05) is 6.08 Å². The van der Waals surface area contributed by atoms with Crippen LogP contribution in [-0.4, -0.2) is 98.7 Å². The number of aliphatic hydroxyl groups is 6. The highest BCUT2D eigenvalue weighted by Gasteiger charge is 2.44. The maximum Gasteiger partial charge on any atom is 0.249 e. The van der Waals surface area contributed by atoms with E-state index in [9.17, 15) is 35.4 Å². The predicted molar refractivity (Wildman–Crippen MR) is 255 cm³/mol. The number of allylic oxidation sites excluding steroid dienone is 5. The minimum Gasteiger partial charge on any atom is -0.394 e. The molecule has 0 aromatic heterocycles. The number of carbonyl (C=O) groups excluding carboxylic acids is 1. The summed E-state index contributed by atoms with van der Waals surface area (Å²) in [5, 5.41) is 64.8. The second-order valence-corrected chi connectivity index (χ2v) is 18.1. The highest BCUT2D eigenvalue weighted by Crippen LogP contribution is 2.23. The van der Waals surface area contributed by atoms with E-state index in [0.717, 1.165) is 44.9 Å². The minimum atomic E-state index is -1.62. The fraction of sp³-hybridized carbons (Fsp3) is 0.865. The maximum absolute atomic E-state index is 13.1. The molecule has 10 nitrogen and oxygen atoms in total. The van der Waals surface area contributed by atoms with Gasteiger partial charge in [0.2, 0.25) is 5.91 Å². The molecule has 8 atom stereocenters. The van der Waals surface area contributed by atoms with Gasteiger partial charge >= 0.3 is 0 Å². The van der Waals surface area contributed by atoms with Crippen molar-refractivity contribution in [2.24, 2.45) is 0 Å². The first kappa shape index (κ1) is 58.4. The Morgan fingerprint density at radius 2 is 0.952 bits per heavy atom. The topological polar surface area (TPSA) is 169 Å². The molecule has 1 saturated heterocycles. The zero-order chi connectivity index (χ0) is 45.3. The van der Waals surface area contributed by atoms with E-state index in [4.69, 9.17) is 9.47 Å². The molecule has 1 aliphatic heterocycles. The largest absolute Gasteiger partial charge is 0.394 e. The molecular formula is C52H97NO9. The summed E-state index contributed by atoms with van der Waals surface area (Å²) in [5.74, 6) is -0.628. The van der Waals surface area contributed by atoms with Crippen molar-refractivity contribution in [1.29, 1.82) is 0 Å². The van der Waals surface area contributed by atoms with Crippen LogP contribution in [0, 0.1) is 0 Å². The summed E-state index contributed by atoms with van der Waals surface area (Å²) in [6, 6.07) is -1.00. The van der Waals surface area contributed by atoms with Gasteiger partial charge in [0.1, 0.15) is 30.5 Å². The Labute approximate surface area is 379 Å². The van der Waals surface area contributed by atoms with Crippen LogP contribution < -0.4 is 5.32 Å². The van der Waals surface area contributed by atoms with Gasteiger partial charge in [-0.1, -0.05) is 217 Å². The zero-order valence-corrected chi connectivity index (χ0v) is 39.7. The third-order valence-electron chi connectivity index (χ3n) is 12.3. The second kappa shape index (κ2) is 42.0. The third-order valence-corrected chi connectivity index (χ3v) is 12.3. The van der Waals surface area contributed by atoms with Crippen molar-refractivity contribution >= 4 is 5.91 Å². The van der Waals surface area contributed by atoms with Crippen LogP contribution in [0.25, 0.3) is 0 Å². The Kier molecular flexibility index (Phi) is 39.6. The van der Waals surface area contributed by atoms with Gasteiger partial charge in [-0.3, -0.25) is 4.79 Å². The van der Waals surface area contributed by atoms with Crippen LogP contribution in [0.4, 0.5) is 0 Å². The Bertz CT molecular complexity index is 1080. The van der Waals surface area contributed by atoms with Crippen LogP contribution in [0.5, 0.6) is 0 Å². The molecule has 1 fully saturated rings. The number of unbranched alkanes of at least 4 members (excludes halogenated alkanes) is 28. The normalized spacial score (nSPS) is 21.1. The Morgan fingerprint density at radius 3 is 1.40 bits per heavy atom. The Hall–Kier alpha value is -1.63. The fourth-order valence-corrected chi connectivity index (χ4v) is 8.08. The van der Waals surface area contributed by atoms with Gasteiger partial charge in [-0.15, -0.1) is 0 Å². The lowest BCUT2D eigenvalue weighted by molar-refractivity contribution is -0.302. The predicted octanol–water partition coefficient (Wildman–Crippen LogP) is 10.6. The molecule has 0 aromatic carbocycles. The van der Waals surface area contributed by atoms with Gasteiger partial charge in [-0.05, 0) is 44.9 Å². The molecule has 0 aliphatic carbocycles. The third kappa shape index (κ3) is 31.3. The summed E-state index contributed by atoms with van der Waals surface area (Å²) in [4.78, 5) is 13.1. The van der Waals surface area contributed by atoms with E-state index in [1.54, 1.807) is 6.08 Å². The molecular weight excluding hydrogens is 783 g/mol. The molecule has 1 amide bonds. The van der Waals surface area contributed by atoms with Crippen molar-refractivity contribution < 1.29 is 44.9 Å². The maximum atomic E-state index is 13.1. The summed E-state index contributed by atoms with van der Waals surface area (Å²) in [6.07, 6.45) is 42.4. The number of hydrogen-bond donors (Lipinski definition) is 7. The number of hydrogen-bond acceptors (Lipinski definition) is 9. The molecule has 0 bridgehead atoms. The van der Waals surface area contributed by atoms with E-state index in [-0.39, 0.29) is 6.61 Å². The van der Waals surface area contributed by atoms with E-state index in [1.165, 1.54) is 148 Å². The highest BCUT2D eigenvalue weighted by atomic mass is 16.7. The van der Waals surface area contributed by atoms with Crippen LogP contribution in [0.2, 0.25) is 0 Å². The van der Waals surface area contributed by atoms with Crippen molar-refractivity contribution in [2.45, 2.75) is 275 Å². The van der Waals surface area contributed by atoms with Crippen LogP contribution >= 0.6 is 0 Å². The first-order valence-corrected chi connectivity index (χ1v) is 25.8. The van der Waals surface area contributed by atoms with Crippen LogP contribution in [-0.2, 0) is 14.3 Å². The van der Waals surface area contributed by atoms with Crippen LogP contribution in [0.3, 0.4) is 0 Å². The fourth-order valence-electron chi connectivity index (χ4n) is 8.08. The van der Waals surface area contributed by atoms with Crippen molar-refractivity contribution in [3.8, 4) is 0 Å². The van der Waals surface area contributed by atoms with E-state index in [0.29, 0.717) is 19.3 Å². The van der Waals surface area contributed by atoms with Gasteiger partial charge in [0.25, 0.3) is 0 Å². The smallest absolute Gasteiger partial charge is 0.249 e. The molecule has 364 valence electrons. The van der Waals surface area contributed by atoms with Gasteiger partial charge in [-0.2, -0.15) is 0 Å². The molecule has 0 aromatic rings. The van der Waals surface area contributed by atoms with E-state index in [2.05, 4.69) is 43.5 Å². The van der Waals surface area contributed by atoms with E-state index < -0.39 is 61.5 Å². The molecule has 0 spiro atoms. The summed E-state index contributed by atoms with van der Waals surface area (Å²) >= 11 is 0. The standard InChI is InChI=1S/C52H97NO9/c1-3-5-7-9-11-13-15-17-19-20-21-22-23-24-25-26-27-29-31-33-35-37-39-41-46(56)51(60)53-44(43-61-52-50(59)49(58)48(57)47(42-54)62-52)45(55)40-38-36-34-32-30-28-18-16-14-12-10-8-6-4-2/h14,16,30,32,38,40,44-50,52,54-59H,3-13,15,17-29,31,33-37,39,41-43H2,1-2H3,(H,53,60)/b16-14+,32-30+,40-38+. The van der Waals surface area contributed by atoms with E-state index >= 15 is 0 Å². The molecule has 10 heteroatoms. The number of aliphatic hydroxyl groups excluding tert-OH is 6. The number of nitrogens with one attached hydrogen (secondary N) is 1. The average Bonchev–Trinajstić information content (AvgIpc) is 3.27. The van der Waals surface area contributed by atoms with Gasteiger partial charge < -0.3 is 45.4 Å². The molecule has 0 radical (unpaired) electrons. The lowest BCUT2D eigenvalue weighted by Crippen LogP contribution is -2.60. The lowest BCUT2D eigenvalue weighted by Gasteiger charge is -2.40. The first-order chi connectivity index (χ1) is 30.3. The van der Waals surface area contributed by atoms with Gasteiger partial charge in [0.05, 0.1) is 25.4 Å². The number of amides is 1. The van der Waals surface area contributed by atoms with Crippen molar-refractivity contribution in [1.82, 2.24) is 5.32 Å². The highest BCUT2D eigenvalue weighted by molar-refractivity contribution is 5.80. The van der Waals surface area contributed by atoms with Gasteiger partial charge in [-0.25, -0.2) is 0 Å².